The molecule has 0 aliphatic carbocycles. The molecule has 23 heavy (non-hydrogen) atoms. The average molecular weight is 314 g/mol. The smallest absolute Gasteiger partial charge is 0.422 e. The topological polar surface area (TPSA) is 89.7 Å². The molecule has 0 radical (unpaired) electrons. The second-order valence-electron chi connectivity index (χ2n) is 5.44. The number of aliphatic hydroxyl groups is 1. The van der Waals surface area contributed by atoms with Crippen LogP contribution in [0.1, 0.15) is 24.8 Å². The van der Waals surface area contributed by atoms with Crippen LogP contribution in [0.25, 0.3) is 5.65 Å². The van der Waals surface area contributed by atoms with E-state index in [1.165, 1.54) is 6.20 Å². The summed E-state index contributed by atoms with van der Waals surface area (Å²) in [5.74, 6) is 6.28. The molecule has 1 aliphatic rings. The largest absolute Gasteiger partial charge is 0.617 e. The minimum absolute atomic E-state index is 0.128. The van der Waals surface area contributed by atoms with Crippen molar-refractivity contribution in [2.75, 3.05) is 19.7 Å². The second-order valence-corrected chi connectivity index (χ2v) is 5.44. The van der Waals surface area contributed by atoms with Crippen LogP contribution in [0.3, 0.4) is 0 Å². The lowest BCUT2D eigenvalue weighted by atomic mass is 10.2. The third-order valence-electron chi connectivity index (χ3n) is 3.81. The summed E-state index contributed by atoms with van der Waals surface area (Å²) in [6, 6.07) is 3.02. The van der Waals surface area contributed by atoms with E-state index in [2.05, 4.69) is 22.1 Å². The quantitative estimate of drug-likeness (QED) is 0.387. The molecule has 120 valence electrons. The van der Waals surface area contributed by atoms with Crippen LogP contribution in [0.4, 0.5) is 10.6 Å². The minimum atomic E-state index is -1.04. The number of amides is 2. The van der Waals surface area contributed by atoms with E-state index in [1.807, 2.05) is 0 Å². The first-order valence-electron chi connectivity index (χ1n) is 7.60. The van der Waals surface area contributed by atoms with Crippen LogP contribution in [0.2, 0.25) is 0 Å². The summed E-state index contributed by atoms with van der Waals surface area (Å²) < 4.78 is 0.597. The Labute approximate surface area is 133 Å². The summed E-state index contributed by atoms with van der Waals surface area (Å²) in [5.41, 5.74) is 1.37. The van der Waals surface area contributed by atoms with Gasteiger partial charge in [0.25, 0.3) is 0 Å². The second kappa shape index (κ2) is 6.38. The van der Waals surface area contributed by atoms with Gasteiger partial charge in [-0.1, -0.05) is 11.8 Å². The highest BCUT2D eigenvalue weighted by Gasteiger charge is 2.36. The highest BCUT2D eigenvalue weighted by atomic mass is 16.6. The monoisotopic (exact) mass is 314 g/mol. The van der Waals surface area contributed by atoms with E-state index in [0.717, 1.165) is 5.56 Å². The van der Waals surface area contributed by atoms with Gasteiger partial charge in [-0.15, -0.1) is 0 Å². The standard InChI is InChI=1S/C16H18N4O3/c21-10-3-1-2-5-13-6-8-19-14(11-13)18-12-15(19)20(23)9-4-7-17-16(20)22/h6,8,11-12,21H,1,3-4,7,9-10H2,(H,17,22). The van der Waals surface area contributed by atoms with Crippen molar-refractivity contribution < 1.29 is 9.90 Å². The summed E-state index contributed by atoms with van der Waals surface area (Å²) in [4.78, 5) is 16.2. The number of nitrogens with one attached hydrogen (secondary N) is 1. The Hall–Kier alpha value is -2.40. The Morgan fingerprint density at radius 1 is 1.52 bits per heavy atom. The third-order valence-corrected chi connectivity index (χ3v) is 3.81. The van der Waals surface area contributed by atoms with Crippen molar-refractivity contribution in [2.24, 2.45) is 0 Å². The van der Waals surface area contributed by atoms with Gasteiger partial charge >= 0.3 is 6.03 Å². The van der Waals surface area contributed by atoms with E-state index in [1.54, 1.807) is 22.7 Å². The third kappa shape index (κ3) is 2.92. The fourth-order valence-electron chi connectivity index (χ4n) is 2.59. The van der Waals surface area contributed by atoms with Crippen molar-refractivity contribution in [1.29, 1.82) is 0 Å². The lowest BCUT2D eigenvalue weighted by Crippen LogP contribution is -2.59. The molecule has 0 aromatic carbocycles. The molecule has 3 heterocycles. The molecule has 7 heteroatoms. The summed E-state index contributed by atoms with van der Waals surface area (Å²) in [6.45, 7) is 0.872. The Morgan fingerprint density at radius 2 is 2.39 bits per heavy atom. The molecule has 2 amide bonds. The average Bonchev–Trinajstić information content (AvgIpc) is 2.98. The van der Waals surface area contributed by atoms with E-state index in [9.17, 15) is 10.0 Å². The number of rotatable bonds is 3. The molecule has 1 atom stereocenters. The summed E-state index contributed by atoms with van der Waals surface area (Å²) >= 11 is 0. The van der Waals surface area contributed by atoms with Gasteiger partial charge in [0.1, 0.15) is 11.8 Å². The lowest BCUT2D eigenvalue weighted by Gasteiger charge is -2.40. The molecule has 2 aromatic rings. The number of hydrogen-bond acceptors (Lipinski definition) is 4. The number of unbranched alkanes of at least 4 members (excludes halogenated alkanes) is 1. The number of hydrogen-bond donors (Lipinski definition) is 2. The predicted octanol–water partition coefficient (Wildman–Crippen LogP) is 1.38. The molecule has 7 nitrogen and oxygen atoms in total. The summed E-state index contributed by atoms with van der Waals surface area (Å²) in [6.07, 6.45) is 5.08. The number of carbonyl (C=O) groups is 1. The number of fused-ring (bicyclic) bond motifs is 1. The normalized spacial score (nSPS) is 20.9. The Morgan fingerprint density at radius 3 is 3.17 bits per heavy atom. The molecular weight excluding hydrogens is 296 g/mol. The van der Waals surface area contributed by atoms with E-state index < -0.39 is 10.7 Å². The number of quaternary nitrogens is 1. The zero-order chi connectivity index (χ0) is 16.3. The van der Waals surface area contributed by atoms with Gasteiger partial charge in [-0.3, -0.25) is 4.40 Å². The minimum Gasteiger partial charge on any atom is -0.617 e. The number of imidazole rings is 1. The van der Waals surface area contributed by atoms with Crippen molar-refractivity contribution >= 4 is 17.5 Å². The van der Waals surface area contributed by atoms with Crippen LogP contribution in [0.5, 0.6) is 0 Å². The molecule has 1 aliphatic heterocycles. The zero-order valence-corrected chi connectivity index (χ0v) is 12.7. The molecule has 1 unspecified atom stereocenters. The van der Waals surface area contributed by atoms with Gasteiger partial charge in [0.2, 0.25) is 5.82 Å². The Balaban J connectivity index is 1.92. The van der Waals surface area contributed by atoms with E-state index in [4.69, 9.17) is 5.11 Å². The van der Waals surface area contributed by atoms with Crippen molar-refractivity contribution in [3.05, 3.63) is 35.3 Å². The van der Waals surface area contributed by atoms with Crippen LogP contribution < -0.4 is 9.96 Å². The van der Waals surface area contributed by atoms with Gasteiger partial charge in [-0.25, -0.2) is 14.4 Å². The number of aliphatic hydroxyl groups excluding tert-OH is 1. The maximum absolute atomic E-state index is 12.9. The molecule has 1 saturated heterocycles. The number of nitrogens with zero attached hydrogens (tertiary/aromatic N) is 3. The molecule has 0 bridgehead atoms. The molecule has 0 spiro atoms. The van der Waals surface area contributed by atoms with Crippen molar-refractivity contribution in [3.63, 3.8) is 0 Å². The number of carbonyl (C=O) groups excluding carboxylic acids is 1. The van der Waals surface area contributed by atoms with Crippen molar-refractivity contribution in [3.8, 4) is 11.8 Å². The highest BCUT2D eigenvalue weighted by molar-refractivity contribution is 5.88. The van der Waals surface area contributed by atoms with Gasteiger partial charge < -0.3 is 15.6 Å². The van der Waals surface area contributed by atoms with Gasteiger partial charge in [0.05, 0.1) is 6.54 Å². The van der Waals surface area contributed by atoms with Crippen molar-refractivity contribution in [1.82, 2.24) is 19.3 Å². The molecular formula is C16H18N4O3. The molecule has 3 rings (SSSR count). The SMILES string of the molecule is O=C1NCCC[N+]1([O-])c1cnc2cc(C#CCCCO)ccn12. The fraction of sp³-hybridized carbons (Fsp3) is 0.375. The van der Waals surface area contributed by atoms with Crippen LogP contribution in [0, 0.1) is 17.0 Å². The van der Waals surface area contributed by atoms with Crippen LogP contribution in [0.15, 0.2) is 24.5 Å². The Kier molecular flexibility index (Phi) is 4.30. The molecule has 1 fully saturated rings. The van der Waals surface area contributed by atoms with Gasteiger partial charge in [-0.05, 0) is 18.6 Å². The molecule has 2 aromatic heterocycles. The maximum atomic E-state index is 12.9. The maximum Gasteiger partial charge on any atom is 0.422 e. The number of urea groups is 1. The lowest BCUT2D eigenvalue weighted by molar-refractivity contribution is 0.205. The first-order valence-corrected chi connectivity index (χ1v) is 7.60. The zero-order valence-electron chi connectivity index (χ0n) is 12.7. The van der Waals surface area contributed by atoms with E-state index in [0.29, 0.717) is 37.3 Å². The molecule has 0 saturated carbocycles. The fourth-order valence-corrected chi connectivity index (χ4v) is 2.59. The van der Waals surface area contributed by atoms with Gasteiger partial charge in [0.15, 0.2) is 0 Å². The Bertz CT molecular complexity index is 789. The van der Waals surface area contributed by atoms with Gasteiger partial charge in [-0.2, -0.15) is 0 Å². The van der Waals surface area contributed by atoms with Crippen LogP contribution >= 0.6 is 0 Å². The summed E-state index contributed by atoms with van der Waals surface area (Å²) in [7, 11) is 0. The first kappa shape index (κ1) is 15.5. The van der Waals surface area contributed by atoms with E-state index in [-0.39, 0.29) is 13.2 Å². The van der Waals surface area contributed by atoms with Crippen LogP contribution in [-0.2, 0) is 0 Å². The van der Waals surface area contributed by atoms with Gasteiger partial charge in [0, 0.05) is 37.8 Å². The number of pyridine rings is 1. The highest BCUT2D eigenvalue weighted by Crippen LogP contribution is 2.26. The molecule has 2 N–H and O–H groups in total. The predicted molar refractivity (Wildman–Crippen MR) is 86.4 cm³/mol. The number of hydroxylamine groups is 2. The summed E-state index contributed by atoms with van der Waals surface area (Å²) in [5, 5.41) is 24.2. The van der Waals surface area contributed by atoms with Crippen LogP contribution in [-0.4, -0.2) is 40.2 Å². The van der Waals surface area contributed by atoms with Crippen molar-refractivity contribution in [2.45, 2.75) is 19.3 Å². The number of aromatic nitrogens is 2. The van der Waals surface area contributed by atoms with E-state index >= 15 is 0 Å². The first-order chi connectivity index (χ1) is 11.1.